The Labute approximate surface area is 176 Å². The summed E-state index contributed by atoms with van der Waals surface area (Å²) in [6, 6.07) is 12.6. The fraction of sp³-hybridized carbons (Fsp3) is 0.350. The summed E-state index contributed by atoms with van der Waals surface area (Å²) in [5, 5.41) is 14.0. The third-order valence-electron chi connectivity index (χ3n) is 4.89. The Morgan fingerprint density at radius 1 is 1.25 bits per heavy atom. The molecule has 28 heavy (non-hydrogen) atoms. The van der Waals surface area contributed by atoms with Crippen molar-refractivity contribution in [2.45, 2.75) is 36.4 Å². The molecule has 0 aliphatic rings. The highest BCUT2D eigenvalue weighted by Crippen LogP contribution is 2.40. The number of rotatable bonds is 9. The van der Waals surface area contributed by atoms with E-state index >= 15 is 0 Å². The van der Waals surface area contributed by atoms with Gasteiger partial charge in [0.25, 0.3) is 0 Å². The van der Waals surface area contributed by atoms with Crippen LogP contribution in [-0.2, 0) is 17.6 Å². The smallest absolute Gasteiger partial charge is 0.115 e. The molecule has 1 N–H and O–H groups in total. The lowest BCUT2D eigenvalue weighted by molar-refractivity contribution is 0.422. The third-order valence-corrected chi connectivity index (χ3v) is 7.19. The molecule has 0 fully saturated rings. The average Bonchev–Trinajstić information content (AvgIpc) is 3.34. The lowest BCUT2D eigenvalue weighted by atomic mass is 9.84. The van der Waals surface area contributed by atoms with Crippen LogP contribution in [0.3, 0.4) is 0 Å². The molecule has 5 nitrogen and oxygen atoms in total. The maximum absolute atomic E-state index is 11.4. The molecule has 0 bridgehead atoms. The number of hydrogen-bond acceptors (Lipinski definition) is 5. The normalized spacial score (nSPS) is 14.7. The minimum atomic E-state index is -2.23. The summed E-state index contributed by atoms with van der Waals surface area (Å²) in [5.74, 6) is 1.07. The van der Waals surface area contributed by atoms with Gasteiger partial charge in [-0.15, -0.1) is 22.9 Å². The zero-order valence-electron chi connectivity index (χ0n) is 15.5. The molecule has 3 atom stereocenters. The van der Waals surface area contributed by atoms with Gasteiger partial charge in [0.2, 0.25) is 0 Å². The van der Waals surface area contributed by atoms with Crippen molar-refractivity contribution in [1.82, 2.24) is 9.78 Å². The molecule has 0 saturated heterocycles. The molecule has 0 saturated carbocycles. The first kappa shape index (κ1) is 21.0. The molecule has 3 aromatic rings. The van der Waals surface area contributed by atoms with Crippen LogP contribution in [0, 0.1) is 5.92 Å². The van der Waals surface area contributed by atoms with Crippen molar-refractivity contribution in [1.29, 1.82) is 0 Å². The molecule has 0 aliphatic heterocycles. The van der Waals surface area contributed by atoms with E-state index in [2.05, 4.69) is 12.0 Å². The van der Waals surface area contributed by atoms with Gasteiger partial charge in [-0.25, -0.2) is 0 Å². The molecule has 150 valence electrons. The first-order chi connectivity index (χ1) is 13.5. The second-order valence-corrected chi connectivity index (χ2v) is 9.26. The highest BCUT2D eigenvalue weighted by molar-refractivity contribution is 7.81. The molecule has 2 heterocycles. The first-order valence-electron chi connectivity index (χ1n) is 9.08. The number of nitrogens with zero attached hydrogens (tertiary/aromatic N) is 2. The van der Waals surface area contributed by atoms with Crippen molar-refractivity contribution >= 4 is 34.0 Å². The van der Waals surface area contributed by atoms with Crippen molar-refractivity contribution in [2.75, 3.05) is 5.88 Å². The minimum absolute atomic E-state index is 0.0191. The Kier molecular flexibility index (Phi) is 7.29. The van der Waals surface area contributed by atoms with Crippen LogP contribution in [0.5, 0.6) is 5.75 Å². The van der Waals surface area contributed by atoms with E-state index in [0.29, 0.717) is 16.6 Å². The first-order valence-corrected chi connectivity index (χ1v) is 11.5. The van der Waals surface area contributed by atoms with Gasteiger partial charge in [-0.3, -0.25) is 8.89 Å². The van der Waals surface area contributed by atoms with E-state index in [-0.39, 0.29) is 17.6 Å². The van der Waals surface area contributed by atoms with Crippen molar-refractivity contribution in [2.24, 2.45) is 5.92 Å². The van der Waals surface area contributed by atoms with Gasteiger partial charge in [0.1, 0.15) is 5.75 Å². The zero-order chi connectivity index (χ0) is 20.1. The Hall–Kier alpha value is -1.67. The van der Waals surface area contributed by atoms with E-state index in [1.807, 2.05) is 28.9 Å². The Balaban J connectivity index is 1.99. The summed E-state index contributed by atoms with van der Waals surface area (Å²) in [4.78, 5) is 1.00. The zero-order valence-corrected chi connectivity index (χ0v) is 17.8. The predicted molar refractivity (Wildman–Crippen MR) is 112 cm³/mol. The van der Waals surface area contributed by atoms with Crippen molar-refractivity contribution in [3.8, 4) is 5.75 Å². The summed E-state index contributed by atoms with van der Waals surface area (Å²) >= 11 is 5.14. The van der Waals surface area contributed by atoms with Crippen LogP contribution < -0.4 is 0 Å². The second kappa shape index (κ2) is 9.69. The molecular weight excluding hydrogens is 416 g/mol. The summed E-state index contributed by atoms with van der Waals surface area (Å²) in [6.07, 6.45) is 3.53. The van der Waals surface area contributed by atoms with Gasteiger partial charge < -0.3 is 9.66 Å². The number of hydrogen-bond donors (Lipinski definition) is 1. The largest absolute Gasteiger partial charge is 0.768 e. The van der Waals surface area contributed by atoms with Crippen molar-refractivity contribution in [3.63, 3.8) is 0 Å². The second-order valence-electron chi connectivity index (χ2n) is 6.60. The quantitative estimate of drug-likeness (QED) is 0.388. The number of phenolic OH excluding ortho intramolecular Hbond substituents is 1. The number of halogens is 1. The van der Waals surface area contributed by atoms with Crippen molar-refractivity contribution in [3.05, 3.63) is 64.8 Å². The topological polar surface area (TPSA) is 78.2 Å². The summed E-state index contributed by atoms with van der Waals surface area (Å²) in [6.45, 7) is 2.70. The minimum Gasteiger partial charge on any atom is -0.768 e. The molecule has 3 unspecified atom stereocenters. The van der Waals surface area contributed by atoms with E-state index < -0.39 is 11.1 Å². The molecule has 8 heteroatoms. The van der Waals surface area contributed by atoms with Crippen LogP contribution in [0.25, 0.3) is 0 Å². The fourth-order valence-electron chi connectivity index (χ4n) is 3.47. The average molecular weight is 438 g/mol. The van der Waals surface area contributed by atoms with Gasteiger partial charge in [0.05, 0.1) is 10.8 Å². The van der Waals surface area contributed by atoms with E-state index in [0.717, 1.165) is 29.0 Å². The van der Waals surface area contributed by atoms with Gasteiger partial charge in [-0.1, -0.05) is 25.5 Å². The molecule has 0 radical (unpaired) electrons. The Bertz CT molecular complexity index is 924. The number of alkyl halides is 1. The van der Waals surface area contributed by atoms with E-state index in [9.17, 15) is 13.9 Å². The summed E-state index contributed by atoms with van der Waals surface area (Å²) < 4.78 is 25.0. The van der Waals surface area contributed by atoms with Gasteiger partial charge in [0, 0.05) is 28.6 Å². The van der Waals surface area contributed by atoms with Crippen LogP contribution in [0.4, 0.5) is 0 Å². The molecule has 0 aliphatic carbocycles. The lowest BCUT2D eigenvalue weighted by Crippen LogP contribution is -2.18. The number of benzene rings is 1. The lowest BCUT2D eigenvalue weighted by Gasteiger charge is -2.26. The summed E-state index contributed by atoms with van der Waals surface area (Å²) in [7, 11) is 0. The van der Waals surface area contributed by atoms with Gasteiger partial charge in [-0.05, 0) is 59.3 Å². The molecule has 0 spiro atoms. The van der Waals surface area contributed by atoms with E-state index in [4.69, 9.17) is 11.6 Å². The van der Waals surface area contributed by atoms with Crippen LogP contribution >= 0.6 is 22.9 Å². The SMILES string of the molecule is CCC(CCCl)C(c1ccc(S(=O)[O-])s1)c1ccnn1Cc1ccc(O)cc1. The molecule has 2 aromatic heterocycles. The van der Waals surface area contributed by atoms with Gasteiger partial charge in [0.15, 0.2) is 0 Å². The van der Waals surface area contributed by atoms with Crippen LogP contribution in [0.1, 0.15) is 41.8 Å². The molecular formula is C20H22ClN2O3S2-. The maximum Gasteiger partial charge on any atom is 0.115 e. The fourth-order valence-corrected chi connectivity index (χ4v) is 5.44. The maximum atomic E-state index is 11.4. The highest BCUT2D eigenvalue weighted by atomic mass is 35.5. The Morgan fingerprint density at radius 2 is 2.00 bits per heavy atom. The number of aromatic nitrogens is 2. The van der Waals surface area contributed by atoms with E-state index in [1.54, 1.807) is 24.4 Å². The third kappa shape index (κ3) is 4.84. The van der Waals surface area contributed by atoms with Crippen LogP contribution in [0.15, 0.2) is 52.9 Å². The molecule has 0 amide bonds. The monoisotopic (exact) mass is 437 g/mol. The van der Waals surface area contributed by atoms with Gasteiger partial charge >= 0.3 is 0 Å². The number of thiophene rings is 1. The highest BCUT2D eigenvalue weighted by Gasteiger charge is 2.28. The molecule has 3 rings (SSSR count). The predicted octanol–water partition coefficient (Wildman–Crippen LogP) is 4.72. The van der Waals surface area contributed by atoms with E-state index in [1.165, 1.54) is 11.3 Å². The Morgan fingerprint density at radius 3 is 2.61 bits per heavy atom. The van der Waals surface area contributed by atoms with Gasteiger partial charge in [-0.2, -0.15) is 5.10 Å². The standard InChI is InChI=1S/C20H23ClN2O3S2/c1-2-15(9-11-21)20(18-7-8-19(27-18)28(25)26)17-10-12-22-23(17)13-14-3-5-16(24)6-4-14/h3-8,10,12,15,20,24H,2,9,11,13H2,1H3,(H,25,26)/p-1. The summed E-state index contributed by atoms with van der Waals surface area (Å²) in [5.41, 5.74) is 2.06. The number of phenols is 1. The molecule has 1 aromatic carbocycles. The number of aromatic hydroxyl groups is 1. The van der Waals surface area contributed by atoms with Crippen molar-refractivity contribution < 1.29 is 13.9 Å². The van der Waals surface area contributed by atoms with Crippen LogP contribution in [0.2, 0.25) is 0 Å². The van der Waals surface area contributed by atoms with Crippen LogP contribution in [-0.4, -0.2) is 29.5 Å².